The van der Waals surface area contributed by atoms with E-state index in [9.17, 15) is 0 Å². The van der Waals surface area contributed by atoms with Gasteiger partial charge in [-0.2, -0.15) is 0 Å². The van der Waals surface area contributed by atoms with Crippen LogP contribution in [0.4, 0.5) is 0 Å². The van der Waals surface area contributed by atoms with Gasteiger partial charge in [-0.15, -0.1) is 0 Å². The van der Waals surface area contributed by atoms with Crippen LogP contribution < -0.4 is 0 Å². The van der Waals surface area contributed by atoms with Crippen molar-refractivity contribution in [2.75, 3.05) is 0 Å². The van der Waals surface area contributed by atoms with Crippen molar-refractivity contribution in [3.63, 3.8) is 0 Å². The highest BCUT2D eigenvalue weighted by molar-refractivity contribution is 6.28. The molecule has 0 saturated carbocycles. The molecule has 0 unspecified atom stereocenters. The molecule has 0 aliphatic rings. The van der Waals surface area contributed by atoms with Gasteiger partial charge in [-0.25, -0.2) is 9.97 Å². The van der Waals surface area contributed by atoms with Crippen LogP contribution in [0.15, 0.2) is 29.0 Å². The lowest BCUT2D eigenvalue weighted by Gasteiger charge is -1.94. The second-order valence-corrected chi connectivity index (χ2v) is 3.20. The molecule has 2 rings (SSSR count). The average molecular weight is 209 g/mol. The van der Waals surface area contributed by atoms with Crippen molar-refractivity contribution in [2.24, 2.45) is 0 Å². The highest BCUT2D eigenvalue weighted by atomic mass is 35.5. The fourth-order valence-corrected chi connectivity index (χ4v) is 1.34. The monoisotopic (exact) mass is 208 g/mol. The van der Waals surface area contributed by atoms with Crippen LogP contribution in [0.5, 0.6) is 0 Å². The van der Waals surface area contributed by atoms with Crippen molar-refractivity contribution in [3.8, 4) is 11.3 Å². The summed E-state index contributed by atoms with van der Waals surface area (Å²) in [6.45, 7) is 2.04. The minimum Gasteiger partial charge on any atom is -0.469 e. The van der Waals surface area contributed by atoms with Gasteiger partial charge in [0.25, 0.3) is 0 Å². The summed E-state index contributed by atoms with van der Waals surface area (Å²) < 4.78 is 5.30. The van der Waals surface area contributed by atoms with E-state index in [0.717, 1.165) is 23.4 Å². The first kappa shape index (κ1) is 9.21. The van der Waals surface area contributed by atoms with Crippen molar-refractivity contribution in [3.05, 3.63) is 35.6 Å². The Balaban J connectivity index is 2.39. The summed E-state index contributed by atoms with van der Waals surface area (Å²) in [5.41, 5.74) is 1.72. The zero-order valence-corrected chi connectivity index (χ0v) is 8.45. The third-order valence-corrected chi connectivity index (χ3v) is 2.11. The molecule has 4 heteroatoms. The summed E-state index contributed by atoms with van der Waals surface area (Å²) in [4.78, 5) is 7.90. The molecule has 2 aromatic heterocycles. The fourth-order valence-electron chi connectivity index (χ4n) is 1.20. The Hall–Kier alpha value is -1.35. The van der Waals surface area contributed by atoms with Gasteiger partial charge in [0.15, 0.2) is 0 Å². The number of furan rings is 1. The molecule has 0 spiro atoms. The number of hydrogen-bond donors (Lipinski definition) is 0. The van der Waals surface area contributed by atoms with E-state index in [1.807, 2.05) is 13.0 Å². The van der Waals surface area contributed by atoms with E-state index in [1.54, 1.807) is 18.5 Å². The van der Waals surface area contributed by atoms with Gasteiger partial charge in [-0.1, -0.05) is 6.92 Å². The molecule has 0 aliphatic heterocycles. The number of nitrogens with zero attached hydrogens (tertiary/aromatic N) is 2. The largest absolute Gasteiger partial charge is 0.469 e. The lowest BCUT2D eigenvalue weighted by atomic mass is 10.2. The number of aryl methyl sites for hydroxylation is 1. The molecule has 14 heavy (non-hydrogen) atoms. The maximum absolute atomic E-state index is 5.68. The van der Waals surface area contributed by atoms with Gasteiger partial charge in [-0.05, 0) is 23.7 Å². The van der Waals surface area contributed by atoms with Gasteiger partial charge in [-0.3, -0.25) is 0 Å². The summed E-state index contributed by atoms with van der Waals surface area (Å²) >= 11 is 5.68. The van der Waals surface area contributed by atoms with E-state index >= 15 is 0 Å². The summed E-state index contributed by atoms with van der Waals surface area (Å²) in [6.07, 6.45) is 4.18. The molecular weight excluding hydrogens is 200 g/mol. The van der Waals surface area contributed by atoms with E-state index in [4.69, 9.17) is 16.0 Å². The third-order valence-electron chi connectivity index (χ3n) is 1.92. The lowest BCUT2D eigenvalue weighted by Crippen LogP contribution is -1.84. The van der Waals surface area contributed by atoms with Crippen molar-refractivity contribution >= 4 is 11.6 Å². The summed E-state index contributed by atoms with van der Waals surface area (Å²) in [5.74, 6) is 0.940. The van der Waals surface area contributed by atoms with Crippen LogP contribution in [0.1, 0.15) is 12.7 Å². The molecule has 0 radical (unpaired) electrons. The normalized spacial score (nSPS) is 10.4. The molecule has 0 fully saturated rings. The zero-order valence-electron chi connectivity index (χ0n) is 7.70. The highest BCUT2D eigenvalue weighted by Crippen LogP contribution is 2.20. The third kappa shape index (κ3) is 1.77. The van der Waals surface area contributed by atoms with Crippen LogP contribution >= 0.6 is 11.6 Å². The number of halogens is 1. The maximum Gasteiger partial charge on any atom is 0.222 e. The standard InChI is InChI=1S/C10H9ClN2O/c1-2-8-5-7(6-14-8)9-3-4-12-10(11)13-9/h3-6H,2H2,1H3. The van der Waals surface area contributed by atoms with Crippen LogP contribution in [0.3, 0.4) is 0 Å². The average Bonchev–Trinajstić information content (AvgIpc) is 2.66. The molecule has 72 valence electrons. The van der Waals surface area contributed by atoms with Crippen molar-refractivity contribution in [1.82, 2.24) is 9.97 Å². The van der Waals surface area contributed by atoms with Crippen LogP contribution in [-0.2, 0) is 6.42 Å². The lowest BCUT2D eigenvalue weighted by molar-refractivity contribution is 0.516. The molecule has 0 saturated heterocycles. The second kappa shape index (κ2) is 3.80. The smallest absolute Gasteiger partial charge is 0.222 e. The number of hydrogen-bond acceptors (Lipinski definition) is 3. The van der Waals surface area contributed by atoms with E-state index in [2.05, 4.69) is 9.97 Å². The van der Waals surface area contributed by atoms with Crippen molar-refractivity contribution in [1.29, 1.82) is 0 Å². The number of rotatable bonds is 2. The quantitative estimate of drug-likeness (QED) is 0.713. The minimum atomic E-state index is 0.252. The second-order valence-electron chi connectivity index (χ2n) is 2.87. The first-order chi connectivity index (χ1) is 6.79. The Bertz CT molecular complexity index is 439. The van der Waals surface area contributed by atoms with Crippen molar-refractivity contribution < 1.29 is 4.42 Å². The van der Waals surface area contributed by atoms with E-state index in [1.165, 1.54) is 0 Å². The molecule has 3 nitrogen and oxygen atoms in total. The van der Waals surface area contributed by atoms with E-state index in [-0.39, 0.29) is 5.28 Å². The summed E-state index contributed by atoms with van der Waals surface area (Å²) in [6, 6.07) is 3.76. The molecular formula is C10H9ClN2O. The molecule has 0 N–H and O–H groups in total. The first-order valence-corrected chi connectivity index (χ1v) is 4.73. The van der Waals surface area contributed by atoms with Crippen LogP contribution in [0.2, 0.25) is 5.28 Å². The SMILES string of the molecule is CCc1cc(-c2ccnc(Cl)n2)co1. The van der Waals surface area contributed by atoms with Crippen LogP contribution in [0, 0.1) is 0 Å². The summed E-state index contributed by atoms with van der Waals surface area (Å²) in [7, 11) is 0. The Kier molecular flexibility index (Phi) is 2.50. The van der Waals surface area contributed by atoms with Gasteiger partial charge in [0.05, 0.1) is 5.69 Å². The van der Waals surface area contributed by atoms with Crippen molar-refractivity contribution in [2.45, 2.75) is 13.3 Å². The van der Waals surface area contributed by atoms with Gasteiger partial charge < -0.3 is 4.42 Å². The molecule has 0 aliphatic carbocycles. The van der Waals surface area contributed by atoms with Gasteiger partial charge in [0.1, 0.15) is 12.0 Å². The van der Waals surface area contributed by atoms with Gasteiger partial charge in [0.2, 0.25) is 5.28 Å². The van der Waals surface area contributed by atoms with Crippen LogP contribution in [0.25, 0.3) is 11.3 Å². The maximum atomic E-state index is 5.68. The van der Waals surface area contributed by atoms with E-state index in [0.29, 0.717) is 0 Å². The summed E-state index contributed by atoms with van der Waals surface area (Å²) in [5, 5.41) is 0.252. The van der Waals surface area contributed by atoms with Crippen LogP contribution in [-0.4, -0.2) is 9.97 Å². The van der Waals surface area contributed by atoms with Gasteiger partial charge >= 0.3 is 0 Å². The predicted molar refractivity (Wildman–Crippen MR) is 54.1 cm³/mol. The number of aromatic nitrogens is 2. The molecule has 2 heterocycles. The minimum absolute atomic E-state index is 0.252. The van der Waals surface area contributed by atoms with Gasteiger partial charge in [0, 0.05) is 18.2 Å². The predicted octanol–water partition coefficient (Wildman–Crippen LogP) is 2.95. The topological polar surface area (TPSA) is 38.9 Å². The molecule has 0 bridgehead atoms. The Morgan fingerprint density at radius 1 is 1.50 bits per heavy atom. The van der Waals surface area contributed by atoms with E-state index < -0.39 is 0 Å². The Morgan fingerprint density at radius 2 is 2.36 bits per heavy atom. The highest BCUT2D eigenvalue weighted by Gasteiger charge is 2.04. The molecule has 0 atom stereocenters. The molecule has 0 aromatic carbocycles. The molecule has 0 amide bonds. The Morgan fingerprint density at radius 3 is 3.00 bits per heavy atom. The fraction of sp³-hybridized carbons (Fsp3) is 0.200. The molecule has 2 aromatic rings. The Labute approximate surface area is 86.8 Å². The zero-order chi connectivity index (χ0) is 9.97. The first-order valence-electron chi connectivity index (χ1n) is 4.36.